The van der Waals surface area contributed by atoms with Crippen LogP contribution in [0.5, 0.6) is 0 Å². The van der Waals surface area contributed by atoms with Gasteiger partial charge in [0.25, 0.3) is 0 Å². The number of rotatable bonds is 70. The fourth-order valence-corrected chi connectivity index (χ4v) is 16.0. The number of unbranched alkanes of at least 4 members (excludes halogenated alkanes) is 32. The molecule has 8 atom stereocenters. The van der Waals surface area contributed by atoms with Gasteiger partial charge < -0.3 is 58.7 Å². The molecule has 0 spiro atoms. The quantitative estimate of drug-likeness (QED) is 0.0250. The second-order valence-corrected chi connectivity index (χ2v) is 36.3. The van der Waals surface area contributed by atoms with Crippen molar-refractivity contribution in [1.82, 2.24) is 10.6 Å². The summed E-state index contributed by atoms with van der Waals surface area (Å²) in [5.41, 5.74) is -3.44. The zero-order valence-corrected chi connectivity index (χ0v) is 75.9. The van der Waals surface area contributed by atoms with E-state index in [4.69, 9.17) is 37.9 Å². The van der Waals surface area contributed by atoms with Crippen LogP contribution in [-0.4, -0.2) is 134 Å². The lowest BCUT2D eigenvalue weighted by Gasteiger charge is -2.44. The zero-order chi connectivity index (χ0) is 85.2. The third-order valence-corrected chi connectivity index (χ3v) is 23.7. The summed E-state index contributed by atoms with van der Waals surface area (Å²) in [4.78, 5) is 107. The Morgan fingerprint density at radius 2 is 0.675 bits per heavy atom. The summed E-state index contributed by atoms with van der Waals surface area (Å²) in [6.07, 6.45) is 44.5. The van der Waals surface area contributed by atoms with E-state index in [0.717, 1.165) is 238 Å². The largest absolute Gasteiger partial charge is 0.481 e. The topological polar surface area (TPSA) is 275 Å². The summed E-state index contributed by atoms with van der Waals surface area (Å²) in [7, 11) is 0. The van der Waals surface area contributed by atoms with Crippen molar-refractivity contribution in [2.75, 3.05) is 46.1 Å². The lowest BCUT2D eigenvalue weighted by Crippen LogP contribution is -2.56. The molecule has 114 heavy (non-hydrogen) atoms. The molecule has 2 saturated heterocycles. The van der Waals surface area contributed by atoms with Crippen molar-refractivity contribution >= 4 is 47.6 Å². The Balaban J connectivity index is 0.00000114. The van der Waals surface area contributed by atoms with E-state index in [1.807, 2.05) is 27.7 Å². The molecule has 20 nitrogen and oxygen atoms in total. The zero-order valence-electron chi connectivity index (χ0n) is 75.9. The number of ether oxygens (including phenoxy) is 8. The van der Waals surface area contributed by atoms with E-state index in [1.54, 1.807) is 27.7 Å². The molecular formula is C94H174N2O18. The second-order valence-electron chi connectivity index (χ2n) is 36.3. The van der Waals surface area contributed by atoms with Crippen molar-refractivity contribution < 1.29 is 86.5 Å². The molecule has 0 aromatic rings. The summed E-state index contributed by atoms with van der Waals surface area (Å²) < 4.78 is 47.0. The molecule has 0 aromatic heterocycles. The van der Waals surface area contributed by atoms with Crippen molar-refractivity contribution in [3.63, 3.8) is 0 Å². The van der Waals surface area contributed by atoms with Crippen LogP contribution in [0.25, 0.3) is 0 Å². The number of carbonyl (C=O) groups is 8. The van der Waals surface area contributed by atoms with E-state index >= 15 is 0 Å². The number of hydrogen-bond acceptors (Lipinski definition) is 16. The van der Waals surface area contributed by atoms with E-state index in [2.05, 4.69) is 66.0 Å². The molecule has 2 aliphatic rings. The van der Waals surface area contributed by atoms with E-state index in [9.17, 15) is 48.6 Å². The maximum atomic E-state index is 13.8. The normalized spacial score (nSPS) is 18.3. The van der Waals surface area contributed by atoms with Crippen molar-refractivity contribution in [2.45, 2.75) is 468 Å². The van der Waals surface area contributed by atoms with Gasteiger partial charge in [-0.15, -0.1) is 0 Å². The van der Waals surface area contributed by atoms with Crippen LogP contribution in [0.2, 0.25) is 0 Å². The third kappa shape index (κ3) is 46.8. The predicted octanol–water partition coefficient (Wildman–Crippen LogP) is 23.1. The number of amides is 2. The van der Waals surface area contributed by atoms with Crippen LogP contribution in [0.1, 0.15) is 438 Å². The van der Waals surface area contributed by atoms with Crippen molar-refractivity contribution in [3.8, 4) is 0 Å². The Morgan fingerprint density at radius 3 is 1.03 bits per heavy atom. The fraction of sp³-hybridized carbons (Fsp3) is 0.915. The van der Waals surface area contributed by atoms with Gasteiger partial charge in [0.05, 0.1) is 55.3 Å². The first kappa shape index (κ1) is 108. The summed E-state index contributed by atoms with van der Waals surface area (Å²) in [6, 6.07) is 0. The number of nitrogens with one attached hydrogen (secondary N) is 2. The Kier molecular flexibility index (Phi) is 59.2. The maximum absolute atomic E-state index is 13.8. The second kappa shape index (κ2) is 62.7. The van der Waals surface area contributed by atoms with Crippen molar-refractivity contribution in [2.24, 2.45) is 39.4 Å². The van der Waals surface area contributed by atoms with Crippen LogP contribution >= 0.6 is 0 Å². The van der Waals surface area contributed by atoms with Gasteiger partial charge in [-0.1, -0.05) is 340 Å². The molecule has 0 aromatic carbocycles. The highest BCUT2D eigenvalue weighted by Gasteiger charge is 2.52. The maximum Gasteiger partial charge on any atom is 0.310 e. The molecule has 0 bridgehead atoms. The van der Waals surface area contributed by atoms with Crippen molar-refractivity contribution in [1.29, 1.82) is 0 Å². The number of esters is 4. The molecule has 2 heterocycles. The summed E-state index contributed by atoms with van der Waals surface area (Å²) in [5, 5.41) is 28.1. The smallest absolute Gasteiger partial charge is 0.310 e. The fourth-order valence-electron chi connectivity index (χ4n) is 16.0. The molecule has 6 unspecified atom stereocenters. The summed E-state index contributed by atoms with van der Waals surface area (Å²) >= 11 is 0. The van der Waals surface area contributed by atoms with Crippen LogP contribution in [0.4, 0.5) is 0 Å². The average molecular weight is 1620 g/mol. The van der Waals surface area contributed by atoms with E-state index < -0.39 is 81.3 Å². The molecule has 668 valence electrons. The lowest BCUT2D eigenvalue weighted by molar-refractivity contribution is -0.304. The minimum atomic E-state index is -1.23. The highest BCUT2D eigenvalue weighted by Crippen LogP contribution is 2.49. The molecule has 0 aliphatic carbocycles. The summed E-state index contributed by atoms with van der Waals surface area (Å²) in [5.74, 6) is -7.02. The monoisotopic (exact) mass is 1620 g/mol. The van der Waals surface area contributed by atoms with Crippen LogP contribution in [0.3, 0.4) is 0 Å². The number of carbonyl (C=O) groups excluding carboxylic acids is 6. The van der Waals surface area contributed by atoms with Gasteiger partial charge in [-0.2, -0.15) is 0 Å². The SMILES string of the molecule is CCCCCCCCC(CCCCCC)(CC(COC(=O)CCNC(=O)[C@@H]1OC(C)(C)OCC1(C)C)C(CCCCCC)(CCCCCCCC)C(=O)O)C(=O)O.CCCCCCCCC(CCCCCC)C(=O)OCC(COC(=O)CCNC(=O)[C@@H]1OC(C)(C)OCC1(C)C)OC(=O)C(CCCCCC)CCCCCCCC. The number of carboxylic acid groups (broad SMARTS) is 2. The average Bonchev–Trinajstić information content (AvgIpc) is 0.811. The highest BCUT2D eigenvalue weighted by atomic mass is 16.7. The van der Waals surface area contributed by atoms with Gasteiger partial charge in [0.15, 0.2) is 17.7 Å². The number of aliphatic carboxylic acids is 2. The minimum Gasteiger partial charge on any atom is -0.481 e. The Morgan fingerprint density at radius 1 is 0.377 bits per heavy atom. The number of carboxylic acids is 2. The molecule has 2 fully saturated rings. The van der Waals surface area contributed by atoms with Gasteiger partial charge >= 0.3 is 35.8 Å². The molecule has 4 N–H and O–H groups in total. The van der Waals surface area contributed by atoms with Crippen LogP contribution in [0.15, 0.2) is 0 Å². The molecule has 2 aliphatic heterocycles. The molecular weight excluding hydrogens is 1450 g/mol. The van der Waals surface area contributed by atoms with Gasteiger partial charge in [-0.25, -0.2) is 0 Å². The van der Waals surface area contributed by atoms with Gasteiger partial charge in [-0.3, -0.25) is 38.4 Å². The minimum absolute atomic E-state index is 0.0347. The first-order valence-electron chi connectivity index (χ1n) is 46.7. The molecule has 2 amide bonds. The summed E-state index contributed by atoms with van der Waals surface area (Å²) in [6.45, 7) is 32.3. The van der Waals surface area contributed by atoms with E-state index in [-0.39, 0.29) is 87.8 Å². The first-order chi connectivity index (χ1) is 54.4. The molecule has 0 saturated carbocycles. The standard InChI is InChI=1S/2C47H87NO9/c1-9-13-17-21-23-26-31-46(42(51)52,30-25-19-15-11-3)35-38(47(43(53)54,32-27-20-16-12-4)33-28-24-22-18-14-10-2)36-55-39(49)29-34-48-41(50)40-44(5,6)37-56-45(7,8)57-40;1-9-13-17-21-23-27-30-38(29-25-19-15-11-3)44(51)54-36-40(56-45(52)39(31-26-20-16-12-4)32-28-24-22-18-14-10-2)35-53-41(49)33-34-48-43(50)42-46(5,6)37-55-47(7,8)57-42/h38,40H,9-37H2,1-8H3,(H,48,50)(H,51,52)(H,53,54);38-40,42H,9-37H2,1-8H3,(H,48,50)/t38?,40-,46?,47?;38?,39?,40?,42-/m00/s1. The third-order valence-electron chi connectivity index (χ3n) is 23.7. The lowest BCUT2D eigenvalue weighted by atomic mass is 9.61. The Hall–Kier alpha value is -4.40. The molecule has 0 radical (unpaired) electrons. The van der Waals surface area contributed by atoms with Gasteiger partial charge in [0.1, 0.15) is 25.4 Å². The predicted molar refractivity (Wildman–Crippen MR) is 458 cm³/mol. The van der Waals surface area contributed by atoms with E-state index in [0.29, 0.717) is 38.9 Å². The van der Waals surface area contributed by atoms with Crippen LogP contribution < -0.4 is 10.6 Å². The van der Waals surface area contributed by atoms with Gasteiger partial charge in [0, 0.05) is 29.8 Å². The van der Waals surface area contributed by atoms with Gasteiger partial charge in [0.2, 0.25) is 11.8 Å². The molecule has 20 heteroatoms. The highest BCUT2D eigenvalue weighted by molar-refractivity contribution is 5.83. The Bertz CT molecular complexity index is 2560. The van der Waals surface area contributed by atoms with Gasteiger partial charge in [-0.05, 0) is 85.5 Å². The van der Waals surface area contributed by atoms with E-state index in [1.165, 1.54) is 44.9 Å². The van der Waals surface area contributed by atoms with Crippen molar-refractivity contribution in [3.05, 3.63) is 0 Å². The number of hydrogen-bond donors (Lipinski definition) is 4. The first-order valence-corrected chi connectivity index (χ1v) is 46.7. The molecule has 2 rings (SSSR count). The van der Waals surface area contributed by atoms with Crippen LogP contribution in [0, 0.1) is 39.4 Å². The van der Waals surface area contributed by atoms with Crippen LogP contribution in [-0.2, 0) is 76.3 Å². The Labute approximate surface area is 695 Å².